The van der Waals surface area contributed by atoms with Gasteiger partial charge in [-0.1, -0.05) is 17.7 Å². The average molecular weight is 417 g/mol. The van der Waals surface area contributed by atoms with Gasteiger partial charge < -0.3 is 10.1 Å². The van der Waals surface area contributed by atoms with E-state index in [-0.39, 0.29) is 17.4 Å². The molecule has 3 amide bonds. The van der Waals surface area contributed by atoms with Gasteiger partial charge in [0.05, 0.1) is 4.91 Å². The van der Waals surface area contributed by atoms with Crippen LogP contribution in [-0.2, 0) is 9.59 Å². The van der Waals surface area contributed by atoms with Crippen molar-refractivity contribution in [1.82, 2.24) is 5.32 Å². The highest BCUT2D eigenvalue weighted by Crippen LogP contribution is 2.30. The minimum atomic E-state index is -0.478. The second kappa shape index (κ2) is 8.50. The number of carbonyl (C=O) groups excluding carboxylic acids is 3. The van der Waals surface area contributed by atoms with Crippen molar-refractivity contribution in [1.29, 1.82) is 0 Å². The number of ether oxygens (including phenoxy) is 1. The van der Waals surface area contributed by atoms with Crippen LogP contribution in [0.3, 0.4) is 0 Å². The fourth-order valence-electron chi connectivity index (χ4n) is 2.49. The molecule has 0 radical (unpaired) electrons. The summed E-state index contributed by atoms with van der Waals surface area (Å²) in [4.78, 5) is 35.5. The lowest BCUT2D eigenvalue weighted by molar-refractivity contribution is -0.118. The molecule has 3 rings (SSSR count). The van der Waals surface area contributed by atoms with Gasteiger partial charge in [0.2, 0.25) is 0 Å². The maximum Gasteiger partial charge on any atom is 0.290 e. The lowest BCUT2D eigenvalue weighted by atomic mass is 10.1. The maximum atomic E-state index is 12.2. The Morgan fingerprint density at radius 3 is 2.64 bits per heavy atom. The highest BCUT2D eigenvalue weighted by atomic mass is 35.5. The van der Waals surface area contributed by atoms with Crippen LogP contribution in [-0.4, -0.2) is 23.7 Å². The molecule has 28 heavy (non-hydrogen) atoms. The Labute approximate surface area is 171 Å². The fraction of sp³-hybridized carbons (Fsp3) is 0.150. The molecule has 1 heterocycles. The van der Waals surface area contributed by atoms with E-state index < -0.39 is 11.1 Å². The first-order valence-electron chi connectivity index (χ1n) is 8.36. The predicted molar refractivity (Wildman–Crippen MR) is 111 cm³/mol. The molecule has 0 aliphatic carbocycles. The molecule has 0 spiro atoms. The summed E-state index contributed by atoms with van der Waals surface area (Å²) in [6, 6.07) is 10.5. The quantitative estimate of drug-likeness (QED) is 0.710. The topological polar surface area (TPSA) is 84.5 Å². The van der Waals surface area contributed by atoms with E-state index in [1.807, 2.05) is 32.0 Å². The summed E-state index contributed by atoms with van der Waals surface area (Å²) in [7, 11) is 0. The first-order valence-corrected chi connectivity index (χ1v) is 9.55. The molecule has 2 N–H and O–H groups in total. The Balaban J connectivity index is 1.71. The van der Waals surface area contributed by atoms with Crippen molar-refractivity contribution in [2.24, 2.45) is 0 Å². The van der Waals surface area contributed by atoms with Gasteiger partial charge >= 0.3 is 0 Å². The molecule has 8 heteroatoms. The third-order valence-corrected chi connectivity index (χ3v) is 5.10. The van der Waals surface area contributed by atoms with Crippen LogP contribution in [0, 0.1) is 13.8 Å². The van der Waals surface area contributed by atoms with E-state index in [1.54, 1.807) is 18.2 Å². The zero-order valence-corrected chi connectivity index (χ0v) is 16.7. The predicted octanol–water partition coefficient (Wildman–Crippen LogP) is 4.30. The molecule has 1 aliphatic rings. The number of carbonyl (C=O) groups is 3. The molecular weight excluding hydrogens is 400 g/mol. The van der Waals surface area contributed by atoms with E-state index in [0.29, 0.717) is 22.0 Å². The average Bonchev–Trinajstić information content (AvgIpc) is 2.94. The number of anilines is 1. The van der Waals surface area contributed by atoms with Crippen LogP contribution < -0.4 is 15.4 Å². The van der Waals surface area contributed by atoms with Crippen LogP contribution in [0.4, 0.5) is 10.5 Å². The zero-order chi connectivity index (χ0) is 20.3. The van der Waals surface area contributed by atoms with Crippen molar-refractivity contribution in [3.05, 3.63) is 63.0 Å². The molecule has 0 atom stereocenters. The van der Waals surface area contributed by atoms with Crippen molar-refractivity contribution < 1.29 is 19.1 Å². The van der Waals surface area contributed by atoms with Crippen molar-refractivity contribution in [3.63, 3.8) is 0 Å². The Hall–Kier alpha value is -2.77. The molecule has 1 saturated heterocycles. The SMILES string of the molecule is Cc1ccc(NC(=O)COc2ccc(Cl)cc2/C=C2\SC(=O)NC2=O)cc1C. The van der Waals surface area contributed by atoms with Gasteiger partial charge in [-0.3, -0.25) is 19.7 Å². The second-order valence-corrected chi connectivity index (χ2v) is 7.62. The summed E-state index contributed by atoms with van der Waals surface area (Å²) in [6.45, 7) is 3.75. The molecule has 0 unspecified atom stereocenters. The third kappa shape index (κ3) is 4.94. The molecule has 144 valence electrons. The number of imide groups is 1. The number of rotatable bonds is 5. The Kier molecular flexibility index (Phi) is 6.06. The zero-order valence-electron chi connectivity index (χ0n) is 15.2. The molecule has 2 aromatic carbocycles. The number of hydrogen-bond donors (Lipinski definition) is 2. The van der Waals surface area contributed by atoms with Crippen molar-refractivity contribution in [3.8, 4) is 5.75 Å². The number of thioether (sulfide) groups is 1. The van der Waals surface area contributed by atoms with Crippen LogP contribution in [0.25, 0.3) is 6.08 Å². The highest BCUT2D eigenvalue weighted by molar-refractivity contribution is 8.18. The van der Waals surface area contributed by atoms with E-state index in [1.165, 1.54) is 6.08 Å². The number of aryl methyl sites for hydroxylation is 2. The molecule has 0 aromatic heterocycles. The standard InChI is InChI=1S/C20H17ClN2O4S/c1-11-3-5-15(7-12(11)2)22-18(24)10-27-16-6-4-14(21)8-13(16)9-17-19(25)23-20(26)28-17/h3-9H,10H2,1-2H3,(H,22,24)(H,23,25,26)/b17-9-. The molecule has 1 aliphatic heterocycles. The summed E-state index contributed by atoms with van der Waals surface area (Å²) in [5.74, 6) is -0.423. The van der Waals surface area contributed by atoms with Crippen LogP contribution in [0.2, 0.25) is 5.02 Å². The van der Waals surface area contributed by atoms with Gasteiger partial charge in [-0.2, -0.15) is 0 Å². The fourth-order valence-corrected chi connectivity index (χ4v) is 3.34. The van der Waals surface area contributed by atoms with E-state index in [9.17, 15) is 14.4 Å². The van der Waals surface area contributed by atoms with E-state index >= 15 is 0 Å². The van der Waals surface area contributed by atoms with Gasteiger partial charge in [-0.15, -0.1) is 0 Å². The first-order chi connectivity index (χ1) is 13.3. The lowest BCUT2D eigenvalue weighted by Crippen LogP contribution is -2.20. The Morgan fingerprint density at radius 2 is 1.96 bits per heavy atom. The summed E-state index contributed by atoms with van der Waals surface area (Å²) < 4.78 is 5.61. The number of hydrogen-bond acceptors (Lipinski definition) is 5. The van der Waals surface area contributed by atoms with Crippen molar-refractivity contribution in [2.75, 3.05) is 11.9 Å². The molecule has 0 saturated carbocycles. The summed E-state index contributed by atoms with van der Waals surface area (Å²) >= 11 is 6.82. The molecule has 0 bridgehead atoms. The van der Waals surface area contributed by atoms with Gasteiger partial charge in [0.1, 0.15) is 5.75 Å². The van der Waals surface area contributed by atoms with Crippen molar-refractivity contribution >= 4 is 52.2 Å². The molecular formula is C20H17ClN2O4S. The largest absolute Gasteiger partial charge is 0.483 e. The first kappa shape index (κ1) is 20.0. The Bertz CT molecular complexity index is 1000. The smallest absolute Gasteiger partial charge is 0.290 e. The number of nitrogens with one attached hydrogen (secondary N) is 2. The third-order valence-electron chi connectivity index (χ3n) is 4.05. The van der Waals surface area contributed by atoms with Crippen LogP contribution >= 0.6 is 23.4 Å². The number of benzene rings is 2. The lowest BCUT2D eigenvalue weighted by Gasteiger charge is -2.11. The van der Waals surface area contributed by atoms with Gasteiger partial charge in [0.25, 0.3) is 17.1 Å². The summed E-state index contributed by atoms with van der Waals surface area (Å²) in [5.41, 5.74) is 3.40. The monoisotopic (exact) mass is 416 g/mol. The van der Waals surface area contributed by atoms with E-state index in [2.05, 4.69) is 10.6 Å². The molecule has 6 nitrogen and oxygen atoms in total. The van der Waals surface area contributed by atoms with E-state index in [0.717, 1.165) is 22.9 Å². The van der Waals surface area contributed by atoms with Crippen molar-refractivity contribution in [2.45, 2.75) is 13.8 Å². The summed E-state index contributed by atoms with van der Waals surface area (Å²) in [6.07, 6.45) is 1.51. The maximum absolute atomic E-state index is 12.2. The Morgan fingerprint density at radius 1 is 1.18 bits per heavy atom. The van der Waals surface area contributed by atoms with Gasteiger partial charge in [0.15, 0.2) is 6.61 Å². The van der Waals surface area contributed by atoms with Gasteiger partial charge in [-0.05, 0) is 73.1 Å². The normalized spacial score (nSPS) is 14.9. The molecule has 1 fully saturated rings. The number of halogens is 1. The van der Waals surface area contributed by atoms with Gasteiger partial charge in [-0.25, -0.2) is 0 Å². The second-order valence-electron chi connectivity index (χ2n) is 6.17. The molecule has 2 aromatic rings. The van der Waals surface area contributed by atoms with Crippen LogP contribution in [0.15, 0.2) is 41.3 Å². The van der Waals surface area contributed by atoms with Gasteiger partial charge in [0, 0.05) is 16.3 Å². The minimum absolute atomic E-state index is 0.219. The summed E-state index contributed by atoms with van der Waals surface area (Å²) in [5, 5.41) is 4.97. The number of amides is 3. The highest BCUT2D eigenvalue weighted by Gasteiger charge is 2.25. The van der Waals surface area contributed by atoms with Crippen LogP contribution in [0.5, 0.6) is 5.75 Å². The van der Waals surface area contributed by atoms with Crippen LogP contribution in [0.1, 0.15) is 16.7 Å². The van der Waals surface area contributed by atoms with E-state index in [4.69, 9.17) is 16.3 Å². The minimum Gasteiger partial charge on any atom is -0.483 e.